The van der Waals surface area contributed by atoms with Crippen molar-refractivity contribution in [2.45, 2.75) is 25.6 Å². The van der Waals surface area contributed by atoms with E-state index in [4.69, 9.17) is 4.74 Å². The van der Waals surface area contributed by atoms with Crippen LogP contribution >= 0.6 is 0 Å². The molecule has 0 bridgehead atoms. The molecular weight excluding hydrogens is 504 g/mol. The summed E-state index contributed by atoms with van der Waals surface area (Å²) in [6.07, 6.45) is 7.14. The Balaban J connectivity index is 1.33. The second kappa shape index (κ2) is 10.2. The number of imide groups is 1. The summed E-state index contributed by atoms with van der Waals surface area (Å²) in [5.74, 6) is 0.371. The van der Waals surface area contributed by atoms with E-state index in [1.165, 1.54) is 4.90 Å². The van der Waals surface area contributed by atoms with Gasteiger partial charge in [-0.1, -0.05) is 48.5 Å². The normalized spacial score (nSPS) is 17.1. The van der Waals surface area contributed by atoms with Gasteiger partial charge in [0.05, 0.1) is 44.0 Å². The number of methoxy groups -OCH3 is 1. The smallest absolute Gasteiger partial charge is 0.328 e. The lowest BCUT2D eigenvalue weighted by Gasteiger charge is -2.32. The second-order valence-corrected chi connectivity index (χ2v) is 9.82. The quantitative estimate of drug-likeness (QED) is 0.264. The van der Waals surface area contributed by atoms with Crippen LogP contribution in [-0.4, -0.2) is 48.4 Å². The molecule has 0 radical (unpaired) electrons. The van der Waals surface area contributed by atoms with Crippen molar-refractivity contribution in [2.24, 2.45) is 0 Å². The molecule has 0 aliphatic carbocycles. The van der Waals surface area contributed by atoms with E-state index < -0.39 is 5.54 Å². The highest BCUT2D eigenvalue weighted by Gasteiger charge is 2.55. The highest BCUT2D eigenvalue weighted by atomic mass is 16.5. The summed E-state index contributed by atoms with van der Waals surface area (Å²) in [6.45, 7) is 2.11. The summed E-state index contributed by atoms with van der Waals surface area (Å²) in [5, 5.41) is 8.93. The average Bonchev–Trinajstić information content (AvgIpc) is 3.72. The van der Waals surface area contributed by atoms with Gasteiger partial charge < -0.3 is 9.64 Å². The van der Waals surface area contributed by atoms with E-state index in [1.54, 1.807) is 52.8 Å². The van der Waals surface area contributed by atoms with Gasteiger partial charge in [-0.2, -0.15) is 10.2 Å². The zero-order chi connectivity index (χ0) is 27.7. The second-order valence-electron chi connectivity index (χ2n) is 9.82. The van der Waals surface area contributed by atoms with Crippen LogP contribution in [0, 0.1) is 0 Å². The maximum atomic E-state index is 14.1. The van der Waals surface area contributed by atoms with Crippen molar-refractivity contribution >= 4 is 11.9 Å². The van der Waals surface area contributed by atoms with Crippen LogP contribution in [0.2, 0.25) is 0 Å². The van der Waals surface area contributed by atoms with E-state index in [1.807, 2.05) is 85.2 Å². The number of para-hydroxylation sites is 2. The lowest BCUT2D eigenvalue weighted by atomic mass is 9.90. The van der Waals surface area contributed by atoms with Gasteiger partial charge in [0.2, 0.25) is 0 Å². The molecule has 6 rings (SSSR count). The predicted octanol–water partition coefficient (Wildman–Crippen LogP) is 4.95. The van der Waals surface area contributed by atoms with Crippen LogP contribution in [0.25, 0.3) is 11.4 Å². The predicted molar refractivity (Wildman–Crippen MR) is 149 cm³/mol. The third-order valence-corrected chi connectivity index (χ3v) is 7.31. The minimum Gasteiger partial charge on any atom is -0.497 e. The molecular formula is C31H28N6O3. The maximum Gasteiger partial charge on any atom is 0.328 e. The van der Waals surface area contributed by atoms with Gasteiger partial charge >= 0.3 is 6.03 Å². The molecule has 3 heterocycles. The fourth-order valence-electron chi connectivity index (χ4n) is 5.05. The molecule has 0 N–H and O–H groups in total. The van der Waals surface area contributed by atoms with Crippen molar-refractivity contribution in [1.29, 1.82) is 0 Å². The number of aromatic nitrogens is 4. The number of carbonyl (C=O) groups excluding carboxylic acids is 2. The molecule has 3 aromatic carbocycles. The first-order chi connectivity index (χ1) is 19.5. The number of ether oxygens (including phenoxy) is 1. The molecule has 1 fully saturated rings. The molecule has 1 aliphatic rings. The number of benzene rings is 3. The molecule has 0 saturated carbocycles. The Morgan fingerprint density at radius 3 is 1.77 bits per heavy atom. The Bertz CT molecular complexity index is 1650. The van der Waals surface area contributed by atoms with Gasteiger partial charge in [-0.25, -0.2) is 14.2 Å². The number of nitrogens with zero attached hydrogens (tertiary/aromatic N) is 6. The number of carbonyl (C=O) groups is 2. The summed E-state index contributed by atoms with van der Waals surface area (Å²) < 4.78 is 8.82. The van der Waals surface area contributed by atoms with Gasteiger partial charge in [-0.05, 0) is 48.9 Å². The van der Waals surface area contributed by atoms with Crippen LogP contribution in [0.3, 0.4) is 0 Å². The van der Waals surface area contributed by atoms with Crippen molar-refractivity contribution in [3.63, 3.8) is 0 Å². The Hall–Kier alpha value is -5.18. The van der Waals surface area contributed by atoms with Gasteiger partial charge in [0.15, 0.2) is 0 Å². The molecule has 0 unspecified atom stereocenters. The van der Waals surface area contributed by atoms with Crippen LogP contribution in [0.4, 0.5) is 4.79 Å². The van der Waals surface area contributed by atoms with E-state index in [0.29, 0.717) is 11.3 Å². The minimum atomic E-state index is -1.23. The summed E-state index contributed by atoms with van der Waals surface area (Å²) in [7, 11) is 1.59. The molecule has 5 aromatic rings. The van der Waals surface area contributed by atoms with Gasteiger partial charge in [-0.15, -0.1) is 0 Å². The molecule has 1 atom stereocenters. The zero-order valence-corrected chi connectivity index (χ0v) is 22.2. The van der Waals surface area contributed by atoms with E-state index in [-0.39, 0.29) is 25.0 Å². The van der Waals surface area contributed by atoms with Crippen molar-refractivity contribution < 1.29 is 14.3 Å². The van der Waals surface area contributed by atoms with E-state index in [2.05, 4.69) is 10.2 Å². The maximum absolute atomic E-state index is 14.1. The summed E-state index contributed by atoms with van der Waals surface area (Å²) >= 11 is 0. The molecule has 3 amide bonds. The van der Waals surface area contributed by atoms with Gasteiger partial charge in [0.25, 0.3) is 5.91 Å². The third kappa shape index (κ3) is 4.41. The van der Waals surface area contributed by atoms with Gasteiger partial charge in [-0.3, -0.25) is 9.69 Å². The molecule has 40 heavy (non-hydrogen) atoms. The fraction of sp³-hybridized carbons (Fsp3) is 0.161. The van der Waals surface area contributed by atoms with Crippen LogP contribution in [-0.2, 0) is 23.4 Å². The fourth-order valence-corrected chi connectivity index (χ4v) is 5.05. The Kier molecular flexibility index (Phi) is 6.39. The lowest BCUT2D eigenvalue weighted by molar-refractivity contribution is -0.133. The van der Waals surface area contributed by atoms with Crippen LogP contribution in [0.1, 0.15) is 23.6 Å². The van der Waals surface area contributed by atoms with Crippen molar-refractivity contribution in [3.8, 4) is 17.1 Å². The van der Waals surface area contributed by atoms with Crippen LogP contribution in [0.5, 0.6) is 5.75 Å². The first kappa shape index (κ1) is 25.1. The Morgan fingerprint density at radius 1 is 0.725 bits per heavy atom. The first-order valence-electron chi connectivity index (χ1n) is 12.9. The average molecular weight is 533 g/mol. The highest BCUT2D eigenvalue weighted by Crippen LogP contribution is 2.39. The summed E-state index contributed by atoms with van der Waals surface area (Å²) in [5.41, 5.74) is 2.84. The first-order valence-corrected chi connectivity index (χ1v) is 12.9. The molecule has 9 nitrogen and oxygen atoms in total. The van der Waals surface area contributed by atoms with E-state index >= 15 is 0 Å². The van der Waals surface area contributed by atoms with Crippen molar-refractivity contribution in [3.05, 3.63) is 126 Å². The van der Waals surface area contributed by atoms with Gasteiger partial charge in [0.1, 0.15) is 11.3 Å². The van der Waals surface area contributed by atoms with Crippen LogP contribution in [0.15, 0.2) is 110 Å². The molecule has 200 valence electrons. The number of amides is 3. The topological polar surface area (TPSA) is 85.5 Å². The largest absolute Gasteiger partial charge is 0.497 e. The van der Waals surface area contributed by atoms with E-state index in [0.717, 1.165) is 22.5 Å². The Morgan fingerprint density at radius 2 is 1.25 bits per heavy atom. The standard InChI is InChI=1S/C31H28N6O3/c1-31(25-13-15-28(40-2)16-14-25)29(38)34(19-23-17-32-36(21-23)26-9-5-3-6-10-26)30(39)35(31)20-24-18-33-37(22-24)27-11-7-4-8-12-27/h3-18,21-22H,19-20H2,1-2H3/t31-/m0/s1. The number of urea groups is 1. The van der Waals surface area contributed by atoms with Gasteiger partial charge in [0, 0.05) is 23.5 Å². The molecule has 1 saturated heterocycles. The monoisotopic (exact) mass is 532 g/mol. The number of hydrogen-bond donors (Lipinski definition) is 0. The van der Waals surface area contributed by atoms with E-state index in [9.17, 15) is 9.59 Å². The molecule has 9 heteroatoms. The lowest BCUT2D eigenvalue weighted by Crippen LogP contribution is -2.43. The molecule has 1 aliphatic heterocycles. The SMILES string of the molecule is COc1ccc([C@@]2(C)C(=O)N(Cc3cnn(-c4ccccc4)c3)C(=O)N2Cc2cnn(-c3ccccc3)c2)cc1. The van der Waals surface area contributed by atoms with Crippen LogP contribution < -0.4 is 4.74 Å². The van der Waals surface area contributed by atoms with Crippen molar-refractivity contribution in [1.82, 2.24) is 29.4 Å². The molecule has 0 spiro atoms. The minimum absolute atomic E-state index is 0.107. The number of rotatable bonds is 8. The number of hydrogen-bond acceptors (Lipinski definition) is 5. The highest BCUT2D eigenvalue weighted by molar-refractivity contribution is 6.07. The molecule has 2 aromatic heterocycles. The summed E-state index contributed by atoms with van der Waals surface area (Å²) in [4.78, 5) is 30.9. The van der Waals surface area contributed by atoms with Crippen molar-refractivity contribution in [2.75, 3.05) is 7.11 Å². The Labute approximate surface area is 231 Å². The third-order valence-electron chi connectivity index (χ3n) is 7.31. The zero-order valence-electron chi connectivity index (χ0n) is 22.2. The summed E-state index contributed by atoms with van der Waals surface area (Å²) in [6, 6.07) is 26.3.